The highest BCUT2D eigenvalue weighted by atomic mass is 16.5. The van der Waals surface area contributed by atoms with Crippen LogP contribution in [0, 0.1) is 11.3 Å². The fourth-order valence-electron chi connectivity index (χ4n) is 3.85. The van der Waals surface area contributed by atoms with Gasteiger partial charge in [0.15, 0.2) is 0 Å². The van der Waals surface area contributed by atoms with Gasteiger partial charge in [-0.25, -0.2) is 4.79 Å². The number of rotatable bonds is 5. The van der Waals surface area contributed by atoms with Crippen molar-refractivity contribution in [1.29, 1.82) is 5.26 Å². The molecule has 154 valence electrons. The van der Waals surface area contributed by atoms with Crippen LogP contribution in [0.3, 0.4) is 0 Å². The molecule has 0 heterocycles. The van der Waals surface area contributed by atoms with Gasteiger partial charge in [-0.2, -0.15) is 5.26 Å². The molecular weight excluding hydrogens is 388 g/mol. The van der Waals surface area contributed by atoms with Gasteiger partial charge < -0.3 is 10.1 Å². The Kier molecular flexibility index (Phi) is 6.09. The Hall–Kier alpha value is -3.91. The first kappa shape index (κ1) is 20.4. The highest BCUT2D eigenvalue weighted by Crippen LogP contribution is 2.22. The van der Waals surface area contributed by atoms with Crippen LogP contribution < -0.4 is 10.1 Å². The van der Waals surface area contributed by atoms with E-state index in [-0.39, 0.29) is 17.5 Å². The fourth-order valence-corrected chi connectivity index (χ4v) is 3.85. The summed E-state index contributed by atoms with van der Waals surface area (Å²) < 4.78 is 5.53. The van der Waals surface area contributed by atoms with Gasteiger partial charge in [0.05, 0.1) is 5.56 Å². The summed E-state index contributed by atoms with van der Waals surface area (Å²) in [5.74, 6) is -0.390. The van der Waals surface area contributed by atoms with Crippen molar-refractivity contribution in [3.05, 3.63) is 83.4 Å². The number of nitrogens with one attached hydrogen (secondary N) is 1. The zero-order chi connectivity index (χ0) is 21.6. The molecule has 0 atom stereocenters. The minimum atomic E-state index is -0.436. The average molecular weight is 410 g/mol. The van der Waals surface area contributed by atoms with Crippen LogP contribution in [0.5, 0.6) is 5.75 Å². The summed E-state index contributed by atoms with van der Waals surface area (Å²) in [6, 6.07) is 22.0. The van der Waals surface area contributed by atoms with Crippen LogP contribution in [0.1, 0.15) is 41.6 Å². The van der Waals surface area contributed by atoms with Crippen LogP contribution in [0.25, 0.3) is 16.8 Å². The molecule has 5 heteroatoms. The van der Waals surface area contributed by atoms with Crippen molar-refractivity contribution in [2.24, 2.45) is 0 Å². The van der Waals surface area contributed by atoms with Crippen molar-refractivity contribution in [3.8, 4) is 11.8 Å². The van der Waals surface area contributed by atoms with Gasteiger partial charge >= 0.3 is 5.97 Å². The van der Waals surface area contributed by atoms with Crippen LogP contribution in [-0.2, 0) is 4.79 Å². The lowest BCUT2D eigenvalue weighted by Gasteiger charge is -2.11. The molecule has 1 aliphatic carbocycles. The van der Waals surface area contributed by atoms with Crippen molar-refractivity contribution in [2.75, 3.05) is 0 Å². The standard InChI is InChI=1S/C26H22N2O3/c27-17-20(25(29)28-21-8-2-3-9-21)16-18-12-14-22(15-13-18)31-26(30)24-11-5-7-19-6-1-4-10-23(19)24/h1,4-7,10-16,21H,2-3,8-9H2,(H,28,29)/b20-16+. The molecule has 0 aromatic heterocycles. The molecule has 1 fully saturated rings. The normalized spacial score (nSPS) is 14.2. The maximum atomic E-state index is 12.7. The van der Waals surface area contributed by atoms with Crippen LogP contribution in [-0.4, -0.2) is 17.9 Å². The third kappa shape index (κ3) is 4.81. The SMILES string of the molecule is N#C/C(=C\c1ccc(OC(=O)c2cccc3ccccc23)cc1)C(=O)NC1CCCC1. The minimum Gasteiger partial charge on any atom is -0.423 e. The predicted octanol–water partition coefficient (Wildman–Crippen LogP) is 5.02. The first-order valence-electron chi connectivity index (χ1n) is 10.4. The largest absolute Gasteiger partial charge is 0.423 e. The van der Waals surface area contributed by atoms with Crippen molar-refractivity contribution in [3.63, 3.8) is 0 Å². The molecule has 0 unspecified atom stereocenters. The number of ether oxygens (including phenoxy) is 1. The van der Waals surface area contributed by atoms with Crippen LogP contribution >= 0.6 is 0 Å². The van der Waals surface area contributed by atoms with Gasteiger partial charge in [0.2, 0.25) is 0 Å². The van der Waals surface area contributed by atoms with Gasteiger partial charge in [0.25, 0.3) is 5.91 Å². The number of esters is 1. The maximum Gasteiger partial charge on any atom is 0.344 e. The Morgan fingerprint density at radius 2 is 1.68 bits per heavy atom. The molecule has 3 aromatic carbocycles. The Labute approximate surface area is 181 Å². The average Bonchev–Trinajstić information content (AvgIpc) is 3.31. The van der Waals surface area contributed by atoms with Crippen molar-refractivity contribution in [1.82, 2.24) is 5.32 Å². The van der Waals surface area contributed by atoms with E-state index in [2.05, 4.69) is 5.32 Å². The summed E-state index contributed by atoms with van der Waals surface area (Å²) in [7, 11) is 0. The molecule has 1 amide bonds. The summed E-state index contributed by atoms with van der Waals surface area (Å²) >= 11 is 0. The Bertz CT molecular complexity index is 1180. The molecule has 31 heavy (non-hydrogen) atoms. The number of amides is 1. The van der Waals surface area contributed by atoms with Gasteiger partial charge in [0, 0.05) is 6.04 Å². The number of nitriles is 1. The second-order valence-corrected chi connectivity index (χ2v) is 7.61. The fraction of sp³-hybridized carbons (Fsp3) is 0.192. The van der Waals surface area contributed by atoms with E-state index in [1.165, 1.54) is 0 Å². The van der Waals surface area contributed by atoms with Gasteiger partial charge in [0.1, 0.15) is 17.4 Å². The molecule has 1 saturated carbocycles. The van der Waals surface area contributed by atoms with Crippen molar-refractivity contribution < 1.29 is 14.3 Å². The first-order valence-corrected chi connectivity index (χ1v) is 10.4. The molecule has 0 spiro atoms. The summed E-state index contributed by atoms with van der Waals surface area (Å²) in [6.45, 7) is 0. The predicted molar refractivity (Wildman–Crippen MR) is 119 cm³/mol. The van der Waals surface area contributed by atoms with Gasteiger partial charge in [-0.05, 0) is 53.5 Å². The van der Waals surface area contributed by atoms with E-state index >= 15 is 0 Å². The van der Waals surface area contributed by atoms with E-state index in [4.69, 9.17) is 4.74 Å². The third-order valence-corrected chi connectivity index (χ3v) is 5.47. The van der Waals surface area contributed by atoms with E-state index in [0.717, 1.165) is 36.5 Å². The Balaban J connectivity index is 1.46. The summed E-state index contributed by atoms with van der Waals surface area (Å²) in [4.78, 5) is 25.0. The van der Waals surface area contributed by atoms with E-state index in [9.17, 15) is 14.9 Å². The number of carbonyl (C=O) groups excluding carboxylic acids is 2. The maximum absolute atomic E-state index is 12.7. The molecule has 4 rings (SSSR count). The van der Waals surface area contributed by atoms with E-state index in [1.807, 2.05) is 42.5 Å². The number of hydrogen-bond donors (Lipinski definition) is 1. The number of benzene rings is 3. The molecule has 0 saturated heterocycles. The number of carbonyl (C=O) groups is 2. The van der Waals surface area contributed by atoms with E-state index < -0.39 is 5.97 Å². The zero-order valence-electron chi connectivity index (χ0n) is 17.0. The highest BCUT2D eigenvalue weighted by Gasteiger charge is 2.19. The number of nitrogens with zero attached hydrogens (tertiary/aromatic N) is 1. The summed E-state index contributed by atoms with van der Waals surface area (Å²) in [6.07, 6.45) is 5.67. The molecule has 5 nitrogen and oxygen atoms in total. The van der Waals surface area contributed by atoms with Crippen LogP contribution in [0.15, 0.2) is 72.3 Å². The zero-order valence-corrected chi connectivity index (χ0v) is 17.0. The van der Waals surface area contributed by atoms with Crippen LogP contribution in [0.4, 0.5) is 0 Å². The first-order chi connectivity index (χ1) is 15.1. The highest BCUT2D eigenvalue weighted by molar-refractivity contribution is 6.05. The second-order valence-electron chi connectivity index (χ2n) is 7.61. The molecular formula is C26H22N2O3. The lowest BCUT2D eigenvalue weighted by molar-refractivity contribution is -0.117. The summed E-state index contributed by atoms with van der Waals surface area (Å²) in [5.41, 5.74) is 1.24. The van der Waals surface area contributed by atoms with Gasteiger partial charge in [-0.15, -0.1) is 0 Å². The van der Waals surface area contributed by atoms with E-state index in [1.54, 1.807) is 36.4 Å². The molecule has 1 N–H and O–H groups in total. The molecule has 0 radical (unpaired) electrons. The lowest BCUT2D eigenvalue weighted by atomic mass is 10.0. The van der Waals surface area contributed by atoms with Gasteiger partial charge in [-0.3, -0.25) is 4.79 Å². The Morgan fingerprint density at radius 3 is 2.42 bits per heavy atom. The van der Waals surface area contributed by atoms with Crippen molar-refractivity contribution >= 4 is 28.7 Å². The smallest absolute Gasteiger partial charge is 0.344 e. The number of fused-ring (bicyclic) bond motifs is 1. The van der Waals surface area contributed by atoms with E-state index in [0.29, 0.717) is 16.9 Å². The quantitative estimate of drug-likeness (QED) is 0.277. The molecule has 1 aliphatic rings. The molecule has 0 bridgehead atoms. The van der Waals surface area contributed by atoms with Gasteiger partial charge in [-0.1, -0.05) is 61.4 Å². The third-order valence-electron chi connectivity index (χ3n) is 5.47. The molecule has 0 aliphatic heterocycles. The number of hydrogen-bond acceptors (Lipinski definition) is 4. The Morgan fingerprint density at radius 1 is 0.968 bits per heavy atom. The van der Waals surface area contributed by atoms with Crippen LogP contribution in [0.2, 0.25) is 0 Å². The topological polar surface area (TPSA) is 79.2 Å². The van der Waals surface area contributed by atoms with Crippen molar-refractivity contribution in [2.45, 2.75) is 31.7 Å². The lowest BCUT2D eigenvalue weighted by Crippen LogP contribution is -2.33. The molecule has 3 aromatic rings. The summed E-state index contributed by atoms with van der Waals surface area (Å²) in [5, 5.41) is 14.1. The minimum absolute atomic E-state index is 0.0624. The monoisotopic (exact) mass is 410 g/mol. The second kappa shape index (κ2) is 9.27.